The maximum absolute atomic E-state index is 13.1. The molecule has 1 N–H and O–H groups in total. The van der Waals surface area contributed by atoms with Crippen molar-refractivity contribution in [3.8, 4) is 23.0 Å². The van der Waals surface area contributed by atoms with Crippen molar-refractivity contribution in [1.82, 2.24) is 20.1 Å². The summed E-state index contributed by atoms with van der Waals surface area (Å²) in [6, 6.07) is 18.0. The Bertz CT molecular complexity index is 1570. The molecule has 10 heteroatoms. The Balaban J connectivity index is 1.63. The first-order chi connectivity index (χ1) is 16.7. The molecule has 0 bridgehead atoms. The van der Waals surface area contributed by atoms with Gasteiger partial charge in [0.25, 0.3) is 5.91 Å². The molecule has 2 aromatic heterocycles. The second kappa shape index (κ2) is 8.66. The number of amides is 1. The summed E-state index contributed by atoms with van der Waals surface area (Å²) in [7, 11) is -1.62. The third-order valence-corrected chi connectivity index (χ3v) is 8.36. The number of benzene rings is 2. The van der Waals surface area contributed by atoms with Crippen molar-refractivity contribution in [2.24, 2.45) is 0 Å². The Labute approximate surface area is 207 Å². The molecule has 0 spiro atoms. The normalized spacial score (nSPS) is 19.1. The van der Waals surface area contributed by atoms with Crippen LogP contribution in [0, 0.1) is 0 Å². The number of halogens is 1. The van der Waals surface area contributed by atoms with Crippen molar-refractivity contribution in [3.05, 3.63) is 71.2 Å². The molecule has 2 aromatic carbocycles. The largest absolute Gasteiger partial charge is 0.481 e. The lowest BCUT2D eigenvalue weighted by Crippen LogP contribution is -2.46. The van der Waals surface area contributed by atoms with E-state index in [9.17, 15) is 13.2 Å². The molecule has 0 aliphatic carbocycles. The number of ether oxygens (including phenoxy) is 1. The Hall–Kier alpha value is -3.43. The highest BCUT2D eigenvalue weighted by Gasteiger charge is 2.39. The Morgan fingerprint density at radius 1 is 1.14 bits per heavy atom. The van der Waals surface area contributed by atoms with Crippen LogP contribution in [0.2, 0.25) is 5.02 Å². The van der Waals surface area contributed by atoms with Gasteiger partial charge in [0, 0.05) is 22.6 Å². The monoisotopic (exact) mass is 510 g/mol. The molecule has 8 nitrogen and oxygen atoms in total. The number of aromatic nitrogens is 3. The van der Waals surface area contributed by atoms with Crippen LogP contribution >= 0.6 is 11.6 Å². The standard InChI is InChI=1S/C25H23ClN4O4S/c1-25(12-13-35(32,33)15-25)28-24(31)16-10-11-18-20(14-16)30(21-8-5-9-22(27-21)34-2)29-23(18)17-6-3-4-7-19(17)26/h3-11,14H,12-13,15H2,1-2H3,(H,28,31). The van der Waals surface area contributed by atoms with Gasteiger partial charge >= 0.3 is 0 Å². The van der Waals surface area contributed by atoms with Crippen molar-refractivity contribution in [2.45, 2.75) is 18.9 Å². The molecule has 0 saturated carbocycles. The number of nitrogens with one attached hydrogen (secondary N) is 1. The molecule has 180 valence electrons. The molecule has 5 rings (SSSR count). The van der Waals surface area contributed by atoms with E-state index in [-0.39, 0.29) is 17.4 Å². The number of sulfone groups is 1. The summed E-state index contributed by atoms with van der Waals surface area (Å²) in [4.78, 5) is 17.7. The van der Waals surface area contributed by atoms with Gasteiger partial charge in [-0.05, 0) is 43.7 Å². The van der Waals surface area contributed by atoms with E-state index in [1.165, 1.54) is 7.11 Å². The fourth-order valence-corrected chi connectivity index (χ4v) is 6.69. The van der Waals surface area contributed by atoms with Crippen molar-refractivity contribution < 1.29 is 17.9 Å². The van der Waals surface area contributed by atoms with Crippen molar-refractivity contribution in [1.29, 1.82) is 0 Å². The topological polar surface area (TPSA) is 103 Å². The van der Waals surface area contributed by atoms with Crippen LogP contribution in [0.25, 0.3) is 28.0 Å². The lowest BCUT2D eigenvalue weighted by Gasteiger charge is -2.23. The zero-order valence-corrected chi connectivity index (χ0v) is 20.7. The van der Waals surface area contributed by atoms with Gasteiger partial charge in [-0.25, -0.2) is 13.1 Å². The number of rotatable bonds is 5. The number of fused-ring (bicyclic) bond motifs is 1. The number of pyridine rings is 1. The van der Waals surface area contributed by atoms with Crippen LogP contribution in [0.4, 0.5) is 0 Å². The van der Waals surface area contributed by atoms with E-state index < -0.39 is 15.4 Å². The third kappa shape index (κ3) is 4.49. The van der Waals surface area contributed by atoms with E-state index in [0.717, 1.165) is 10.9 Å². The van der Waals surface area contributed by atoms with E-state index in [4.69, 9.17) is 21.4 Å². The van der Waals surface area contributed by atoms with Crippen LogP contribution < -0.4 is 10.1 Å². The second-order valence-electron chi connectivity index (χ2n) is 8.87. The Morgan fingerprint density at radius 2 is 1.94 bits per heavy atom. The van der Waals surface area contributed by atoms with Crippen molar-refractivity contribution in [3.63, 3.8) is 0 Å². The predicted molar refractivity (Wildman–Crippen MR) is 135 cm³/mol. The van der Waals surface area contributed by atoms with Crippen LogP contribution in [-0.4, -0.2) is 53.2 Å². The molecule has 1 fully saturated rings. The maximum atomic E-state index is 13.1. The first kappa shape index (κ1) is 23.3. The number of hydrogen-bond donors (Lipinski definition) is 1. The summed E-state index contributed by atoms with van der Waals surface area (Å²) >= 11 is 6.48. The first-order valence-corrected chi connectivity index (χ1v) is 13.2. The van der Waals surface area contributed by atoms with Crippen LogP contribution in [0.5, 0.6) is 5.88 Å². The number of methoxy groups -OCH3 is 1. The van der Waals surface area contributed by atoms with Crippen LogP contribution in [-0.2, 0) is 9.84 Å². The van der Waals surface area contributed by atoms with Crippen LogP contribution in [0.15, 0.2) is 60.7 Å². The predicted octanol–water partition coefficient (Wildman–Crippen LogP) is 4.06. The van der Waals surface area contributed by atoms with Crippen molar-refractivity contribution in [2.75, 3.05) is 18.6 Å². The van der Waals surface area contributed by atoms with Crippen LogP contribution in [0.3, 0.4) is 0 Å². The van der Waals surface area contributed by atoms with E-state index in [0.29, 0.717) is 39.9 Å². The van der Waals surface area contributed by atoms with Gasteiger partial charge in [-0.15, -0.1) is 0 Å². The molecule has 1 aliphatic heterocycles. The quantitative estimate of drug-likeness (QED) is 0.434. The zero-order chi connectivity index (χ0) is 24.8. The van der Waals surface area contributed by atoms with E-state index >= 15 is 0 Å². The van der Waals surface area contributed by atoms with Gasteiger partial charge in [0.15, 0.2) is 15.7 Å². The number of carbonyl (C=O) groups excluding carboxylic acids is 1. The minimum Gasteiger partial charge on any atom is -0.481 e. The molecular weight excluding hydrogens is 488 g/mol. The Kier molecular flexibility index (Phi) is 5.77. The third-order valence-electron chi connectivity index (χ3n) is 6.13. The first-order valence-electron chi connectivity index (χ1n) is 11.0. The summed E-state index contributed by atoms with van der Waals surface area (Å²) in [5.41, 5.74) is 1.63. The molecule has 3 heterocycles. The highest BCUT2D eigenvalue weighted by molar-refractivity contribution is 7.91. The molecule has 1 saturated heterocycles. The van der Waals surface area contributed by atoms with Gasteiger partial charge in [0.1, 0.15) is 5.69 Å². The lowest BCUT2D eigenvalue weighted by molar-refractivity contribution is 0.0915. The molecule has 1 aliphatic rings. The maximum Gasteiger partial charge on any atom is 0.251 e. The number of carbonyl (C=O) groups is 1. The van der Waals surface area contributed by atoms with E-state index in [2.05, 4.69) is 10.3 Å². The number of hydrogen-bond acceptors (Lipinski definition) is 6. The van der Waals surface area contributed by atoms with Gasteiger partial charge < -0.3 is 10.1 Å². The minimum absolute atomic E-state index is 0.0677. The highest BCUT2D eigenvalue weighted by atomic mass is 35.5. The number of nitrogens with zero attached hydrogens (tertiary/aromatic N) is 3. The molecule has 1 unspecified atom stereocenters. The summed E-state index contributed by atoms with van der Waals surface area (Å²) in [5.74, 6) is 0.583. The van der Waals surface area contributed by atoms with Crippen molar-refractivity contribution >= 4 is 38.2 Å². The van der Waals surface area contributed by atoms with Gasteiger partial charge in [-0.2, -0.15) is 10.1 Å². The van der Waals surface area contributed by atoms with Gasteiger partial charge in [0.2, 0.25) is 5.88 Å². The summed E-state index contributed by atoms with van der Waals surface area (Å²) in [5, 5.41) is 9.05. The smallest absolute Gasteiger partial charge is 0.251 e. The molecule has 1 atom stereocenters. The fourth-order valence-electron chi connectivity index (χ4n) is 4.37. The summed E-state index contributed by atoms with van der Waals surface area (Å²) in [6.07, 6.45) is 0.381. The zero-order valence-electron chi connectivity index (χ0n) is 19.2. The molecule has 1 amide bonds. The molecule has 35 heavy (non-hydrogen) atoms. The van der Waals surface area contributed by atoms with E-state index in [1.54, 1.807) is 41.9 Å². The average Bonchev–Trinajstić information content (AvgIpc) is 3.35. The fraction of sp³-hybridized carbons (Fsp3) is 0.240. The molecule has 0 radical (unpaired) electrons. The molecular formula is C25H23ClN4O4S. The van der Waals surface area contributed by atoms with Gasteiger partial charge in [-0.1, -0.05) is 35.9 Å². The minimum atomic E-state index is -3.16. The Morgan fingerprint density at radius 3 is 2.66 bits per heavy atom. The second-order valence-corrected chi connectivity index (χ2v) is 11.5. The summed E-state index contributed by atoms with van der Waals surface area (Å²) in [6.45, 7) is 1.76. The summed E-state index contributed by atoms with van der Waals surface area (Å²) < 4.78 is 30.9. The van der Waals surface area contributed by atoms with Gasteiger partial charge in [-0.3, -0.25) is 4.79 Å². The van der Waals surface area contributed by atoms with Gasteiger partial charge in [0.05, 0.1) is 34.7 Å². The highest BCUT2D eigenvalue weighted by Crippen LogP contribution is 2.34. The lowest BCUT2D eigenvalue weighted by atomic mass is 10.0. The van der Waals surface area contributed by atoms with Crippen LogP contribution in [0.1, 0.15) is 23.7 Å². The average molecular weight is 511 g/mol. The molecule has 4 aromatic rings. The van der Waals surface area contributed by atoms with E-state index in [1.807, 2.05) is 30.3 Å². The SMILES string of the molecule is COc1cccc(-n2nc(-c3ccccc3Cl)c3ccc(C(=O)NC4(C)CCS(=O)(=O)C4)cc32)n1.